The van der Waals surface area contributed by atoms with Gasteiger partial charge in [0.2, 0.25) is 0 Å². The summed E-state index contributed by atoms with van der Waals surface area (Å²) in [5.74, 6) is -1.94. The van der Waals surface area contributed by atoms with Crippen molar-refractivity contribution in [2.75, 3.05) is 5.32 Å². The number of fused-ring (bicyclic) bond motifs is 1. The Labute approximate surface area is 127 Å². The van der Waals surface area contributed by atoms with E-state index in [0.717, 1.165) is 18.2 Å². The number of rotatable bonds is 2. The van der Waals surface area contributed by atoms with Gasteiger partial charge in [0, 0.05) is 12.5 Å². The van der Waals surface area contributed by atoms with E-state index in [4.69, 9.17) is 5.11 Å². The van der Waals surface area contributed by atoms with Crippen molar-refractivity contribution in [3.8, 4) is 0 Å². The highest BCUT2D eigenvalue weighted by molar-refractivity contribution is 5.86. The van der Waals surface area contributed by atoms with Crippen molar-refractivity contribution in [1.29, 1.82) is 0 Å². The maximum Gasteiger partial charge on any atom is 0.410 e. The zero-order valence-corrected chi connectivity index (χ0v) is 11.5. The average Bonchev–Trinajstić information content (AvgIpc) is 2.90. The molecule has 1 aliphatic rings. The molecule has 1 aromatic heterocycles. The topological polar surface area (TPSA) is 67.1 Å². The second-order valence-corrected chi connectivity index (χ2v) is 5.21. The summed E-state index contributed by atoms with van der Waals surface area (Å²) in [5.41, 5.74) is 0.00600. The fraction of sp³-hybridized carbons (Fsp3) is 0.286. The third kappa shape index (κ3) is 2.86. The summed E-state index contributed by atoms with van der Waals surface area (Å²) in [4.78, 5) is 10.9. The summed E-state index contributed by atoms with van der Waals surface area (Å²) in [6, 6.07) is 3.48. The van der Waals surface area contributed by atoms with E-state index < -0.39 is 35.7 Å². The first-order valence-corrected chi connectivity index (χ1v) is 6.67. The number of hydrogen-bond acceptors (Lipinski definition) is 3. The van der Waals surface area contributed by atoms with E-state index in [1.807, 2.05) is 0 Å². The Hall–Kier alpha value is -2.58. The van der Waals surface area contributed by atoms with Gasteiger partial charge in [0.25, 0.3) is 0 Å². The molecule has 2 aromatic rings. The van der Waals surface area contributed by atoms with Crippen LogP contribution in [0.5, 0.6) is 0 Å². The molecule has 122 valence electrons. The van der Waals surface area contributed by atoms with Gasteiger partial charge in [-0.2, -0.15) is 18.3 Å². The zero-order chi connectivity index (χ0) is 16.8. The Morgan fingerprint density at radius 2 is 1.96 bits per heavy atom. The molecule has 1 aliphatic heterocycles. The molecule has 0 radical (unpaired) electrons. The lowest BCUT2D eigenvalue weighted by Crippen LogP contribution is -2.35. The van der Waals surface area contributed by atoms with Gasteiger partial charge in [0.1, 0.15) is 11.6 Å². The lowest BCUT2D eigenvalue weighted by molar-refractivity contribution is -0.173. The van der Waals surface area contributed by atoms with Crippen LogP contribution in [0.1, 0.15) is 34.6 Å². The largest absolute Gasteiger partial charge is 0.476 e. The SMILES string of the molecule is O=C(O)c1cc2n(n1)[C@@H](C(F)(F)F)C[C@@H](c1ccc(F)cc1)N2. The monoisotopic (exact) mass is 329 g/mol. The minimum absolute atomic E-state index is 0.0368. The molecule has 0 bridgehead atoms. The molecule has 9 heteroatoms. The summed E-state index contributed by atoms with van der Waals surface area (Å²) in [6.07, 6.45) is -4.96. The highest BCUT2D eigenvalue weighted by Crippen LogP contribution is 2.43. The fourth-order valence-corrected chi connectivity index (χ4v) is 2.59. The number of carbonyl (C=O) groups is 1. The van der Waals surface area contributed by atoms with Crippen molar-refractivity contribution in [3.05, 3.63) is 47.4 Å². The van der Waals surface area contributed by atoms with Gasteiger partial charge in [-0.15, -0.1) is 0 Å². The van der Waals surface area contributed by atoms with Crippen LogP contribution < -0.4 is 5.32 Å². The van der Waals surface area contributed by atoms with Gasteiger partial charge in [-0.25, -0.2) is 13.9 Å². The number of benzene rings is 1. The Morgan fingerprint density at radius 1 is 1.30 bits per heavy atom. The molecule has 0 unspecified atom stereocenters. The van der Waals surface area contributed by atoms with E-state index in [0.29, 0.717) is 10.2 Å². The summed E-state index contributed by atoms with van der Waals surface area (Å²) in [7, 11) is 0. The Bertz CT molecular complexity index is 739. The molecule has 1 aromatic carbocycles. The first kappa shape index (κ1) is 15.3. The quantitative estimate of drug-likeness (QED) is 0.829. The number of anilines is 1. The molecule has 0 fully saturated rings. The molecule has 23 heavy (non-hydrogen) atoms. The number of aromatic carboxylic acids is 1. The van der Waals surface area contributed by atoms with Crippen molar-refractivity contribution in [3.63, 3.8) is 0 Å². The van der Waals surface area contributed by atoms with E-state index in [1.165, 1.54) is 12.1 Å². The van der Waals surface area contributed by atoms with E-state index in [9.17, 15) is 22.4 Å². The lowest BCUT2D eigenvalue weighted by Gasteiger charge is -2.33. The minimum atomic E-state index is -4.59. The molecule has 0 saturated carbocycles. The van der Waals surface area contributed by atoms with Crippen LogP contribution in [0.3, 0.4) is 0 Å². The number of aromatic nitrogens is 2. The maximum atomic E-state index is 13.3. The number of nitrogens with zero attached hydrogens (tertiary/aromatic N) is 2. The molecule has 0 saturated heterocycles. The smallest absolute Gasteiger partial charge is 0.410 e. The number of halogens is 4. The van der Waals surface area contributed by atoms with Crippen molar-refractivity contribution in [2.24, 2.45) is 0 Å². The Kier molecular flexibility index (Phi) is 3.50. The normalized spacial score (nSPS) is 20.7. The summed E-state index contributed by atoms with van der Waals surface area (Å²) < 4.78 is 53.5. The maximum absolute atomic E-state index is 13.3. The van der Waals surface area contributed by atoms with Crippen molar-refractivity contribution in [2.45, 2.75) is 24.7 Å². The van der Waals surface area contributed by atoms with Crippen LogP contribution in [-0.2, 0) is 0 Å². The lowest BCUT2D eigenvalue weighted by atomic mass is 9.97. The van der Waals surface area contributed by atoms with Gasteiger partial charge in [-0.1, -0.05) is 12.1 Å². The van der Waals surface area contributed by atoms with E-state index in [1.54, 1.807) is 0 Å². The standard InChI is InChI=1S/C14H11F4N3O2/c15-8-3-1-7(2-4-8)9-5-11(14(16,17)18)21-12(19-9)6-10(20-21)13(22)23/h1-4,6,9,11,19H,5H2,(H,22,23)/t9-,11+/m0/s1. The number of alkyl halides is 3. The van der Waals surface area contributed by atoms with Crippen molar-refractivity contribution < 1.29 is 27.5 Å². The highest BCUT2D eigenvalue weighted by atomic mass is 19.4. The Morgan fingerprint density at radius 3 is 2.52 bits per heavy atom. The molecular weight excluding hydrogens is 318 g/mol. The third-order valence-corrected chi connectivity index (χ3v) is 3.68. The van der Waals surface area contributed by atoms with Gasteiger partial charge >= 0.3 is 12.1 Å². The molecule has 2 atom stereocenters. The molecule has 2 N–H and O–H groups in total. The summed E-state index contributed by atoms with van der Waals surface area (Å²) >= 11 is 0. The molecule has 0 spiro atoms. The number of nitrogens with one attached hydrogen (secondary N) is 1. The van der Waals surface area contributed by atoms with E-state index >= 15 is 0 Å². The van der Waals surface area contributed by atoms with Gasteiger partial charge in [0.05, 0.1) is 6.04 Å². The van der Waals surface area contributed by atoms with Crippen LogP contribution in [0.2, 0.25) is 0 Å². The highest BCUT2D eigenvalue weighted by Gasteiger charge is 2.46. The molecule has 2 heterocycles. The number of carboxylic acid groups (broad SMARTS) is 1. The van der Waals surface area contributed by atoms with Crippen molar-refractivity contribution in [1.82, 2.24) is 9.78 Å². The first-order valence-electron chi connectivity index (χ1n) is 6.67. The van der Waals surface area contributed by atoms with Crippen molar-refractivity contribution >= 4 is 11.8 Å². The molecule has 5 nitrogen and oxygen atoms in total. The van der Waals surface area contributed by atoms with Crippen LogP contribution >= 0.6 is 0 Å². The predicted octanol–water partition coefficient (Wildman–Crippen LogP) is 3.38. The van der Waals surface area contributed by atoms with E-state index in [2.05, 4.69) is 10.4 Å². The second-order valence-electron chi connectivity index (χ2n) is 5.21. The first-order chi connectivity index (χ1) is 10.8. The van der Waals surface area contributed by atoms with Crippen LogP contribution in [0.25, 0.3) is 0 Å². The summed E-state index contributed by atoms with van der Waals surface area (Å²) in [6.45, 7) is 0. The zero-order valence-electron chi connectivity index (χ0n) is 11.5. The molecular formula is C14H11F4N3O2. The van der Waals surface area contributed by atoms with Crippen LogP contribution in [0.15, 0.2) is 30.3 Å². The summed E-state index contributed by atoms with van der Waals surface area (Å²) in [5, 5.41) is 15.2. The van der Waals surface area contributed by atoms with E-state index in [-0.39, 0.29) is 12.2 Å². The van der Waals surface area contributed by atoms with Gasteiger partial charge in [-0.05, 0) is 17.7 Å². The van der Waals surface area contributed by atoms with Crippen LogP contribution in [0.4, 0.5) is 23.4 Å². The van der Waals surface area contributed by atoms with Crippen LogP contribution in [0, 0.1) is 5.82 Å². The number of carboxylic acids is 1. The van der Waals surface area contributed by atoms with Gasteiger partial charge in [-0.3, -0.25) is 0 Å². The van der Waals surface area contributed by atoms with Crippen LogP contribution in [-0.4, -0.2) is 27.0 Å². The fourth-order valence-electron chi connectivity index (χ4n) is 2.59. The molecule has 3 rings (SSSR count). The second kappa shape index (κ2) is 5.25. The third-order valence-electron chi connectivity index (χ3n) is 3.68. The average molecular weight is 329 g/mol. The molecule has 0 amide bonds. The van der Waals surface area contributed by atoms with Gasteiger partial charge < -0.3 is 10.4 Å². The molecule has 0 aliphatic carbocycles. The number of hydrogen-bond donors (Lipinski definition) is 2. The minimum Gasteiger partial charge on any atom is -0.476 e. The van der Waals surface area contributed by atoms with Gasteiger partial charge in [0.15, 0.2) is 11.7 Å². The Balaban J connectivity index is 2.01. The predicted molar refractivity (Wildman–Crippen MR) is 71.7 cm³/mol.